The van der Waals surface area contributed by atoms with Gasteiger partial charge < -0.3 is 10.1 Å². The van der Waals surface area contributed by atoms with Crippen LogP contribution in [-0.4, -0.2) is 41.3 Å². The number of likely N-dealkylation sites (N-methyl/N-ethyl adjacent to an activating group) is 1. The Hall–Kier alpha value is -2.34. The molecule has 23 heavy (non-hydrogen) atoms. The molecule has 0 bridgehead atoms. The zero-order valence-corrected chi connectivity index (χ0v) is 14.3. The predicted octanol–water partition coefficient (Wildman–Crippen LogP) is 2.37. The lowest BCUT2D eigenvalue weighted by molar-refractivity contribution is -0.117. The quantitative estimate of drug-likeness (QED) is 0.889. The van der Waals surface area contributed by atoms with Gasteiger partial charge in [-0.05, 0) is 27.0 Å². The average Bonchev–Trinajstić information content (AvgIpc) is 2.83. The Labute approximate surface area is 137 Å². The van der Waals surface area contributed by atoms with E-state index in [-0.39, 0.29) is 18.5 Å². The van der Waals surface area contributed by atoms with Crippen molar-refractivity contribution < 1.29 is 9.53 Å². The Morgan fingerprint density at radius 3 is 2.74 bits per heavy atom. The number of anilines is 1. The molecule has 1 atom stereocenters. The van der Waals surface area contributed by atoms with Gasteiger partial charge in [0.25, 0.3) is 0 Å². The standard InChI is InChI=1S/C17H24N4O2/c1-12-10-16(21(4)19-12)18-17(22)11-20(3)13(2)14-8-6-7-9-15(14)23-5/h6-10,13H,11H2,1-5H3,(H,18,22)/t13-/m1/s1. The van der Waals surface area contributed by atoms with Gasteiger partial charge in [-0.2, -0.15) is 5.10 Å². The summed E-state index contributed by atoms with van der Waals surface area (Å²) >= 11 is 0. The third-order valence-corrected chi connectivity index (χ3v) is 3.91. The zero-order chi connectivity index (χ0) is 17.0. The molecule has 1 N–H and O–H groups in total. The smallest absolute Gasteiger partial charge is 0.239 e. The van der Waals surface area contributed by atoms with Crippen molar-refractivity contribution in [2.24, 2.45) is 7.05 Å². The summed E-state index contributed by atoms with van der Waals surface area (Å²) < 4.78 is 7.06. The van der Waals surface area contributed by atoms with Crippen LogP contribution in [0, 0.1) is 6.92 Å². The van der Waals surface area contributed by atoms with E-state index in [0.717, 1.165) is 17.0 Å². The van der Waals surface area contributed by atoms with Gasteiger partial charge in [-0.3, -0.25) is 14.4 Å². The minimum absolute atomic E-state index is 0.0603. The van der Waals surface area contributed by atoms with Crippen LogP contribution in [0.5, 0.6) is 5.75 Å². The molecule has 1 aromatic carbocycles. The van der Waals surface area contributed by atoms with Crippen molar-refractivity contribution in [1.29, 1.82) is 0 Å². The number of hydrogen-bond acceptors (Lipinski definition) is 4. The number of carbonyl (C=O) groups is 1. The second-order valence-electron chi connectivity index (χ2n) is 5.68. The van der Waals surface area contributed by atoms with Crippen LogP contribution in [0.3, 0.4) is 0 Å². The number of hydrogen-bond donors (Lipinski definition) is 1. The topological polar surface area (TPSA) is 59.4 Å². The van der Waals surface area contributed by atoms with Crippen molar-refractivity contribution in [2.45, 2.75) is 19.9 Å². The highest BCUT2D eigenvalue weighted by Crippen LogP contribution is 2.27. The molecule has 6 heteroatoms. The second-order valence-corrected chi connectivity index (χ2v) is 5.68. The fourth-order valence-electron chi connectivity index (χ4n) is 2.52. The molecule has 0 aliphatic heterocycles. The Balaban J connectivity index is 2.01. The van der Waals surface area contributed by atoms with Crippen molar-refractivity contribution in [3.05, 3.63) is 41.6 Å². The summed E-state index contributed by atoms with van der Waals surface area (Å²) in [4.78, 5) is 14.2. The Morgan fingerprint density at radius 1 is 1.43 bits per heavy atom. The van der Waals surface area contributed by atoms with Crippen molar-refractivity contribution >= 4 is 11.7 Å². The van der Waals surface area contributed by atoms with E-state index in [1.807, 2.05) is 56.3 Å². The maximum atomic E-state index is 12.2. The molecule has 0 saturated carbocycles. The van der Waals surface area contributed by atoms with E-state index in [0.29, 0.717) is 5.82 Å². The number of rotatable bonds is 6. The highest BCUT2D eigenvalue weighted by atomic mass is 16.5. The number of aryl methyl sites for hydroxylation is 2. The molecule has 1 heterocycles. The summed E-state index contributed by atoms with van der Waals surface area (Å²) in [5.41, 5.74) is 1.93. The number of benzene rings is 1. The van der Waals surface area contributed by atoms with Crippen LogP contribution in [0.1, 0.15) is 24.2 Å². The van der Waals surface area contributed by atoms with Crippen molar-refractivity contribution in [3.8, 4) is 5.75 Å². The van der Waals surface area contributed by atoms with E-state index in [2.05, 4.69) is 17.3 Å². The van der Waals surface area contributed by atoms with Crippen LogP contribution in [-0.2, 0) is 11.8 Å². The Bertz CT molecular complexity index is 681. The number of ether oxygens (including phenoxy) is 1. The van der Waals surface area contributed by atoms with Crippen LogP contribution < -0.4 is 10.1 Å². The molecule has 0 radical (unpaired) electrons. The summed E-state index contributed by atoms with van der Waals surface area (Å²) in [5, 5.41) is 7.11. The van der Waals surface area contributed by atoms with Crippen LogP contribution in [0.25, 0.3) is 0 Å². The highest BCUT2D eigenvalue weighted by Gasteiger charge is 2.18. The largest absolute Gasteiger partial charge is 0.496 e. The first-order valence-corrected chi connectivity index (χ1v) is 7.56. The van der Waals surface area contributed by atoms with Gasteiger partial charge in [0, 0.05) is 24.7 Å². The van der Waals surface area contributed by atoms with Crippen LogP contribution in [0.15, 0.2) is 30.3 Å². The number of para-hydroxylation sites is 1. The van der Waals surface area contributed by atoms with Gasteiger partial charge in [0.05, 0.1) is 19.3 Å². The molecular formula is C17H24N4O2. The summed E-state index contributed by atoms with van der Waals surface area (Å²) in [7, 11) is 5.39. The number of nitrogens with zero attached hydrogens (tertiary/aromatic N) is 3. The van der Waals surface area contributed by atoms with Gasteiger partial charge in [0.1, 0.15) is 11.6 Å². The highest BCUT2D eigenvalue weighted by molar-refractivity contribution is 5.91. The van der Waals surface area contributed by atoms with E-state index >= 15 is 0 Å². The first kappa shape index (κ1) is 17.0. The van der Waals surface area contributed by atoms with Crippen molar-refractivity contribution in [3.63, 3.8) is 0 Å². The van der Waals surface area contributed by atoms with Crippen LogP contribution in [0.2, 0.25) is 0 Å². The molecule has 0 spiro atoms. The Kier molecular flexibility index (Phi) is 5.39. The van der Waals surface area contributed by atoms with E-state index in [1.54, 1.807) is 11.8 Å². The molecular weight excluding hydrogens is 292 g/mol. The van der Waals surface area contributed by atoms with Gasteiger partial charge in [-0.25, -0.2) is 0 Å². The number of aromatic nitrogens is 2. The number of nitrogens with one attached hydrogen (secondary N) is 1. The molecule has 0 saturated heterocycles. The van der Waals surface area contributed by atoms with Crippen LogP contribution >= 0.6 is 0 Å². The first-order valence-electron chi connectivity index (χ1n) is 7.56. The van der Waals surface area contributed by atoms with E-state index in [4.69, 9.17) is 4.74 Å². The summed E-state index contributed by atoms with van der Waals surface area (Å²) in [5.74, 6) is 1.46. The third-order valence-electron chi connectivity index (χ3n) is 3.91. The number of carbonyl (C=O) groups excluding carboxylic acids is 1. The normalized spacial score (nSPS) is 12.3. The van der Waals surface area contributed by atoms with E-state index in [1.165, 1.54) is 0 Å². The number of amides is 1. The molecule has 0 unspecified atom stereocenters. The van der Waals surface area contributed by atoms with Gasteiger partial charge >= 0.3 is 0 Å². The molecule has 2 aromatic rings. The summed E-state index contributed by atoms with van der Waals surface area (Å²) in [6, 6.07) is 9.76. The lowest BCUT2D eigenvalue weighted by atomic mass is 10.1. The summed E-state index contributed by atoms with van der Waals surface area (Å²) in [6.07, 6.45) is 0. The molecule has 0 aliphatic carbocycles. The SMILES string of the molecule is COc1ccccc1[C@@H](C)N(C)CC(=O)Nc1cc(C)nn1C. The van der Waals surface area contributed by atoms with Gasteiger partial charge in [-0.1, -0.05) is 18.2 Å². The van der Waals surface area contributed by atoms with Crippen LogP contribution in [0.4, 0.5) is 5.82 Å². The fraction of sp³-hybridized carbons (Fsp3) is 0.412. The average molecular weight is 316 g/mol. The molecule has 124 valence electrons. The molecule has 2 rings (SSSR count). The lowest BCUT2D eigenvalue weighted by Crippen LogP contribution is -2.32. The van der Waals surface area contributed by atoms with Gasteiger partial charge in [0.15, 0.2) is 0 Å². The molecule has 1 amide bonds. The Morgan fingerprint density at radius 2 is 2.13 bits per heavy atom. The molecule has 0 aliphatic rings. The first-order chi connectivity index (χ1) is 10.9. The minimum atomic E-state index is -0.0720. The van der Waals surface area contributed by atoms with Crippen molar-refractivity contribution in [2.75, 3.05) is 26.0 Å². The molecule has 1 aromatic heterocycles. The van der Waals surface area contributed by atoms with Gasteiger partial charge in [-0.15, -0.1) is 0 Å². The maximum Gasteiger partial charge on any atom is 0.239 e. The fourth-order valence-corrected chi connectivity index (χ4v) is 2.52. The predicted molar refractivity (Wildman–Crippen MR) is 90.6 cm³/mol. The maximum absolute atomic E-state index is 12.2. The van der Waals surface area contributed by atoms with E-state index < -0.39 is 0 Å². The lowest BCUT2D eigenvalue weighted by Gasteiger charge is -2.25. The molecule has 6 nitrogen and oxygen atoms in total. The van der Waals surface area contributed by atoms with Crippen molar-refractivity contribution in [1.82, 2.24) is 14.7 Å². The molecule has 0 fully saturated rings. The van der Waals surface area contributed by atoms with Gasteiger partial charge in [0.2, 0.25) is 5.91 Å². The number of methoxy groups -OCH3 is 1. The zero-order valence-electron chi connectivity index (χ0n) is 14.3. The van der Waals surface area contributed by atoms with E-state index in [9.17, 15) is 4.79 Å². The summed E-state index contributed by atoms with van der Waals surface area (Å²) in [6.45, 7) is 4.23. The second kappa shape index (κ2) is 7.28. The third kappa shape index (κ3) is 4.10. The minimum Gasteiger partial charge on any atom is -0.496 e. The monoisotopic (exact) mass is 316 g/mol.